The number of carbonyl (C=O) groups is 1. The minimum atomic E-state index is -4.39. The molecule has 2 heterocycles. The second-order valence-electron chi connectivity index (χ2n) is 11.7. The summed E-state index contributed by atoms with van der Waals surface area (Å²) in [6, 6.07) is 19.0. The lowest BCUT2D eigenvalue weighted by Gasteiger charge is -2.39. The number of rotatable bonds is 7. The highest BCUT2D eigenvalue weighted by Gasteiger charge is 2.43. The van der Waals surface area contributed by atoms with Gasteiger partial charge in [0.2, 0.25) is 5.91 Å². The van der Waals surface area contributed by atoms with Gasteiger partial charge in [-0.15, -0.1) is 0 Å². The number of alkyl halides is 3. The van der Waals surface area contributed by atoms with Crippen LogP contribution < -0.4 is 15.0 Å². The second-order valence-corrected chi connectivity index (χ2v) is 11.7. The van der Waals surface area contributed by atoms with Crippen LogP contribution in [0.25, 0.3) is 0 Å². The lowest BCUT2D eigenvalue weighted by atomic mass is 10.1. The molecule has 228 valence electrons. The number of methoxy groups -OCH3 is 1. The molecule has 0 saturated carbocycles. The molecule has 6 rings (SSSR count). The van der Waals surface area contributed by atoms with Gasteiger partial charge < -0.3 is 25.0 Å². The lowest BCUT2D eigenvalue weighted by Crippen LogP contribution is -2.55. The number of nitrogens with zero attached hydrogens (tertiary/aromatic N) is 3. The molecule has 0 unspecified atom stereocenters. The molecular formula is C33H37F3N4O3. The Morgan fingerprint density at radius 2 is 1.70 bits per heavy atom. The highest BCUT2D eigenvalue weighted by molar-refractivity contribution is 5.83. The third-order valence-electron chi connectivity index (χ3n) is 9.12. The minimum Gasteiger partial charge on any atom is -0.508 e. The van der Waals surface area contributed by atoms with Gasteiger partial charge >= 0.3 is 6.18 Å². The summed E-state index contributed by atoms with van der Waals surface area (Å²) in [4.78, 5) is 20.2. The lowest BCUT2D eigenvalue weighted by molar-refractivity contribution is -0.137. The normalized spacial score (nSPS) is 21.3. The molecule has 0 spiro atoms. The maximum absolute atomic E-state index is 14.1. The van der Waals surface area contributed by atoms with E-state index in [4.69, 9.17) is 4.74 Å². The number of likely N-dealkylation sites (tertiary alicyclic amines) is 1. The molecule has 2 fully saturated rings. The Balaban J connectivity index is 1.14. The molecule has 2 aliphatic heterocycles. The Bertz CT molecular complexity index is 1430. The van der Waals surface area contributed by atoms with Gasteiger partial charge in [0.15, 0.2) is 0 Å². The Hall–Kier alpha value is -3.76. The van der Waals surface area contributed by atoms with Gasteiger partial charge in [0, 0.05) is 62.6 Å². The summed E-state index contributed by atoms with van der Waals surface area (Å²) < 4.78 is 45.1. The van der Waals surface area contributed by atoms with Crippen molar-refractivity contribution in [2.45, 2.75) is 50.1 Å². The Kier molecular flexibility index (Phi) is 8.24. The molecule has 10 heteroatoms. The first-order valence-corrected chi connectivity index (χ1v) is 14.8. The van der Waals surface area contributed by atoms with Gasteiger partial charge in [-0.05, 0) is 66.8 Å². The number of amides is 1. The topological polar surface area (TPSA) is 68.3 Å². The molecule has 2 atom stereocenters. The summed E-state index contributed by atoms with van der Waals surface area (Å²) >= 11 is 0. The number of aromatic hydroxyl groups is 1. The molecule has 1 aliphatic carbocycles. The van der Waals surface area contributed by atoms with Crippen molar-refractivity contribution in [3.05, 3.63) is 89.0 Å². The Morgan fingerprint density at radius 3 is 2.37 bits per heavy atom. The average molecular weight is 595 g/mol. The minimum absolute atomic E-state index is 0.0506. The first kappa shape index (κ1) is 29.3. The molecule has 3 aromatic rings. The summed E-state index contributed by atoms with van der Waals surface area (Å²) in [7, 11) is 1.59. The fourth-order valence-electron chi connectivity index (χ4n) is 6.78. The number of nitrogens with one attached hydrogen (secondary N) is 1. The zero-order chi connectivity index (χ0) is 30.1. The van der Waals surface area contributed by atoms with Crippen molar-refractivity contribution in [1.29, 1.82) is 0 Å². The molecule has 0 aromatic heterocycles. The fourth-order valence-corrected chi connectivity index (χ4v) is 6.78. The quantitative estimate of drug-likeness (QED) is 0.421. The van der Waals surface area contributed by atoms with E-state index in [1.165, 1.54) is 23.3 Å². The number of fused-ring (bicyclic) bond motifs is 1. The van der Waals surface area contributed by atoms with Crippen molar-refractivity contribution in [2.75, 3.05) is 44.7 Å². The van der Waals surface area contributed by atoms with Crippen LogP contribution in [0.5, 0.6) is 11.5 Å². The highest BCUT2D eigenvalue weighted by Crippen LogP contribution is 2.34. The first-order valence-electron chi connectivity index (χ1n) is 14.8. The molecule has 0 radical (unpaired) electrons. The zero-order valence-corrected chi connectivity index (χ0v) is 24.2. The van der Waals surface area contributed by atoms with E-state index < -0.39 is 11.7 Å². The number of phenols is 1. The summed E-state index contributed by atoms with van der Waals surface area (Å²) in [6.07, 6.45) is -1.96. The molecule has 2 N–H and O–H groups in total. The van der Waals surface area contributed by atoms with Gasteiger partial charge in [-0.2, -0.15) is 13.2 Å². The van der Waals surface area contributed by atoms with E-state index in [0.717, 1.165) is 24.5 Å². The number of carbonyl (C=O) groups excluding carboxylic acids is 1. The van der Waals surface area contributed by atoms with Gasteiger partial charge in [0.05, 0.1) is 18.7 Å². The molecule has 3 aromatic carbocycles. The van der Waals surface area contributed by atoms with Gasteiger partial charge in [-0.3, -0.25) is 9.69 Å². The third kappa shape index (κ3) is 6.31. The second kappa shape index (κ2) is 12.1. The van der Waals surface area contributed by atoms with Crippen LogP contribution in [-0.2, 0) is 30.4 Å². The third-order valence-corrected chi connectivity index (χ3v) is 9.12. The maximum atomic E-state index is 14.1. The monoisotopic (exact) mass is 594 g/mol. The van der Waals surface area contributed by atoms with E-state index in [1.807, 2.05) is 15.9 Å². The highest BCUT2D eigenvalue weighted by atomic mass is 19.4. The Labute approximate surface area is 249 Å². The van der Waals surface area contributed by atoms with Crippen LogP contribution in [0.15, 0.2) is 66.7 Å². The number of hydrogen-bond acceptors (Lipinski definition) is 6. The summed E-state index contributed by atoms with van der Waals surface area (Å²) in [6.45, 7) is 3.03. The number of ether oxygens (including phenoxy) is 1. The van der Waals surface area contributed by atoms with Crippen LogP contribution in [0.2, 0.25) is 0 Å². The fraction of sp³-hybridized carbons (Fsp3) is 0.424. The van der Waals surface area contributed by atoms with Crippen LogP contribution in [0.4, 0.5) is 18.9 Å². The number of halogens is 3. The molecule has 3 aliphatic rings. The van der Waals surface area contributed by atoms with E-state index in [1.54, 1.807) is 25.3 Å². The van der Waals surface area contributed by atoms with Crippen molar-refractivity contribution < 1.29 is 27.8 Å². The van der Waals surface area contributed by atoms with Crippen LogP contribution in [0, 0.1) is 0 Å². The molecule has 43 heavy (non-hydrogen) atoms. The van der Waals surface area contributed by atoms with Crippen LogP contribution in [-0.4, -0.2) is 78.8 Å². The SMILES string of the molecule is COc1ccc(O)c(CN[C@H]2C[C@@H](C(=O)N3CCN(c4cccc(C(F)(F)F)c4)CC3)N(C3Cc4ccccc4C3)C2)c1. The van der Waals surface area contributed by atoms with Gasteiger partial charge in [-0.25, -0.2) is 0 Å². The molecule has 7 nitrogen and oxygen atoms in total. The van der Waals surface area contributed by atoms with Crippen LogP contribution in [0.1, 0.15) is 28.7 Å². The van der Waals surface area contributed by atoms with Crippen molar-refractivity contribution in [1.82, 2.24) is 15.1 Å². The number of hydrogen-bond donors (Lipinski definition) is 2. The van der Waals surface area contributed by atoms with Gasteiger partial charge in [0.25, 0.3) is 0 Å². The van der Waals surface area contributed by atoms with Crippen LogP contribution in [0.3, 0.4) is 0 Å². The predicted octanol–water partition coefficient (Wildman–Crippen LogP) is 4.47. The summed E-state index contributed by atoms with van der Waals surface area (Å²) in [5.74, 6) is 0.942. The van der Waals surface area contributed by atoms with E-state index in [2.05, 4.69) is 34.5 Å². The van der Waals surface area contributed by atoms with Crippen molar-refractivity contribution in [3.8, 4) is 11.5 Å². The number of benzene rings is 3. The summed E-state index contributed by atoms with van der Waals surface area (Å²) in [5, 5.41) is 13.9. The van der Waals surface area contributed by atoms with E-state index in [9.17, 15) is 23.1 Å². The average Bonchev–Trinajstić information content (AvgIpc) is 3.64. The van der Waals surface area contributed by atoms with Gasteiger partial charge in [-0.1, -0.05) is 30.3 Å². The maximum Gasteiger partial charge on any atom is 0.416 e. The van der Waals surface area contributed by atoms with E-state index in [0.29, 0.717) is 57.1 Å². The smallest absolute Gasteiger partial charge is 0.416 e. The standard InChI is InChI=1S/C33H37F3N4O3/c1-43-29-9-10-31(41)24(17-29)20-37-26-19-30(40(21-26)28-15-22-5-2-3-6-23(22)16-28)32(42)39-13-11-38(12-14-39)27-8-4-7-25(18-27)33(34,35)36/h2-10,17-18,26,28,30,37,41H,11-16,19-21H2,1H3/t26-,30-/m0/s1. The zero-order valence-electron chi connectivity index (χ0n) is 24.2. The van der Waals surface area contributed by atoms with Crippen molar-refractivity contribution >= 4 is 11.6 Å². The molecule has 1 amide bonds. The van der Waals surface area contributed by atoms with Crippen molar-refractivity contribution in [2.24, 2.45) is 0 Å². The number of anilines is 1. The van der Waals surface area contributed by atoms with E-state index in [-0.39, 0.29) is 29.8 Å². The van der Waals surface area contributed by atoms with Gasteiger partial charge in [0.1, 0.15) is 11.5 Å². The number of phenolic OH excluding ortho intramolecular Hbond substituents is 1. The molecule has 0 bridgehead atoms. The number of piperazine rings is 1. The molecule has 2 saturated heterocycles. The largest absolute Gasteiger partial charge is 0.508 e. The van der Waals surface area contributed by atoms with Crippen molar-refractivity contribution in [3.63, 3.8) is 0 Å². The molecular weight excluding hydrogens is 557 g/mol. The Morgan fingerprint density at radius 1 is 0.977 bits per heavy atom. The first-order chi connectivity index (χ1) is 20.7. The summed E-state index contributed by atoms with van der Waals surface area (Å²) in [5.41, 5.74) is 3.25. The van der Waals surface area contributed by atoms with E-state index >= 15 is 0 Å². The van der Waals surface area contributed by atoms with Crippen LogP contribution >= 0.6 is 0 Å². The predicted molar refractivity (Wildman–Crippen MR) is 158 cm³/mol.